The van der Waals surface area contributed by atoms with Crippen molar-refractivity contribution < 1.29 is 9.90 Å². The Morgan fingerprint density at radius 2 is 2.42 bits per heavy atom. The van der Waals surface area contributed by atoms with Crippen LogP contribution >= 0.6 is 38.9 Å². The van der Waals surface area contributed by atoms with Gasteiger partial charge in [0.25, 0.3) is 0 Å². The van der Waals surface area contributed by atoms with Gasteiger partial charge in [-0.1, -0.05) is 0 Å². The van der Waals surface area contributed by atoms with Gasteiger partial charge < -0.3 is 5.11 Å². The van der Waals surface area contributed by atoms with E-state index in [1.807, 2.05) is 0 Å². The van der Waals surface area contributed by atoms with Crippen LogP contribution in [0, 0.1) is 0 Å². The summed E-state index contributed by atoms with van der Waals surface area (Å²) in [6.45, 7) is 0. The van der Waals surface area contributed by atoms with E-state index in [-0.39, 0.29) is 0 Å². The summed E-state index contributed by atoms with van der Waals surface area (Å²) in [5.74, 6) is -0.436. The Bertz CT molecular complexity index is 298. The third kappa shape index (κ3) is 2.21. The molecule has 1 aromatic heterocycles. The predicted molar refractivity (Wildman–Crippen MR) is 53.4 cm³/mol. The largest absolute Gasteiger partial charge is 0.477 e. The molecule has 0 aliphatic heterocycles. The summed E-state index contributed by atoms with van der Waals surface area (Å²) in [5.41, 5.74) is 0.800. The predicted octanol–water partition coefficient (Wildman–Crippen LogP) is 2.99. The molecule has 0 saturated heterocycles. The molecule has 0 radical (unpaired) electrons. The number of alkyl halides is 1. The number of thiophene rings is 1. The molecule has 66 valence electrons. The number of halogens is 2. The quantitative estimate of drug-likeness (QED) is 0.857. The number of hydrogen-bond acceptors (Lipinski definition) is 2. The summed E-state index contributed by atoms with van der Waals surface area (Å²) in [7, 11) is 0. The van der Waals surface area contributed by atoms with Gasteiger partial charge in [0.15, 0.2) is 0 Å². The minimum Gasteiger partial charge on any atom is -0.477 e. The molecule has 5 heteroatoms. The van der Waals surface area contributed by atoms with Gasteiger partial charge in [0, 0.05) is 5.88 Å². The van der Waals surface area contributed by atoms with Crippen LogP contribution < -0.4 is 0 Å². The first kappa shape index (κ1) is 10.0. The van der Waals surface area contributed by atoms with Gasteiger partial charge in [-0.05, 0) is 34.0 Å². The molecule has 0 aromatic carbocycles. The zero-order valence-corrected chi connectivity index (χ0v) is 9.17. The lowest BCUT2D eigenvalue weighted by molar-refractivity contribution is 0.0701. The fourth-order valence-electron chi connectivity index (χ4n) is 0.864. The Hall–Kier alpha value is -0.0600. The van der Waals surface area contributed by atoms with E-state index >= 15 is 0 Å². The second-order valence-electron chi connectivity index (χ2n) is 2.15. The molecule has 0 unspecified atom stereocenters. The van der Waals surface area contributed by atoms with E-state index in [9.17, 15) is 4.79 Å². The molecule has 1 heterocycles. The first-order valence-corrected chi connectivity index (χ1v) is 5.37. The maximum atomic E-state index is 10.7. The van der Waals surface area contributed by atoms with Crippen LogP contribution in [0.1, 0.15) is 15.2 Å². The molecule has 0 amide bonds. The lowest BCUT2D eigenvalue weighted by atomic mass is 10.2. The van der Waals surface area contributed by atoms with Gasteiger partial charge in [-0.3, -0.25) is 0 Å². The third-order valence-electron chi connectivity index (χ3n) is 1.34. The monoisotopic (exact) mass is 268 g/mol. The van der Waals surface area contributed by atoms with Gasteiger partial charge in [-0.15, -0.1) is 22.9 Å². The minimum absolute atomic E-state index is 0.377. The van der Waals surface area contributed by atoms with Crippen LogP contribution in [-0.2, 0) is 6.42 Å². The zero-order chi connectivity index (χ0) is 9.14. The van der Waals surface area contributed by atoms with Crippen molar-refractivity contribution in [3.8, 4) is 0 Å². The maximum Gasteiger partial charge on any atom is 0.346 e. The van der Waals surface area contributed by atoms with Gasteiger partial charge >= 0.3 is 5.97 Å². The van der Waals surface area contributed by atoms with Crippen LogP contribution in [-0.4, -0.2) is 17.0 Å². The smallest absolute Gasteiger partial charge is 0.346 e. The van der Waals surface area contributed by atoms with E-state index in [1.165, 1.54) is 11.3 Å². The van der Waals surface area contributed by atoms with Crippen LogP contribution in [0.2, 0.25) is 0 Å². The van der Waals surface area contributed by atoms with E-state index in [2.05, 4.69) is 15.9 Å². The SMILES string of the molecule is O=C(O)c1sc(Br)cc1CCCl. The first-order valence-electron chi connectivity index (χ1n) is 3.22. The van der Waals surface area contributed by atoms with Gasteiger partial charge in [-0.25, -0.2) is 4.79 Å². The summed E-state index contributed by atoms with van der Waals surface area (Å²) in [5, 5.41) is 8.75. The summed E-state index contributed by atoms with van der Waals surface area (Å²) in [6, 6.07) is 1.80. The number of carboxylic acid groups (broad SMARTS) is 1. The molecule has 0 spiro atoms. The third-order valence-corrected chi connectivity index (χ3v) is 3.19. The van der Waals surface area contributed by atoms with E-state index in [0.29, 0.717) is 17.2 Å². The van der Waals surface area contributed by atoms with E-state index < -0.39 is 5.97 Å². The highest BCUT2D eigenvalue weighted by atomic mass is 79.9. The lowest BCUT2D eigenvalue weighted by Gasteiger charge is -1.93. The van der Waals surface area contributed by atoms with Crippen LogP contribution in [0.15, 0.2) is 9.85 Å². The molecule has 0 bridgehead atoms. The lowest BCUT2D eigenvalue weighted by Crippen LogP contribution is -1.97. The first-order chi connectivity index (χ1) is 5.65. The molecule has 0 atom stereocenters. The van der Waals surface area contributed by atoms with Crippen LogP contribution in [0.4, 0.5) is 0 Å². The van der Waals surface area contributed by atoms with Crippen LogP contribution in [0.3, 0.4) is 0 Å². The maximum absolute atomic E-state index is 10.7. The molecule has 12 heavy (non-hydrogen) atoms. The standard InChI is InChI=1S/C7H6BrClO2S/c8-5-3-4(1-2-9)6(12-5)7(10)11/h3H,1-2H2,(H,10,11). The van der Waals surface area contributed by atoms with Crippen molar-refractivity contribution in [3.05, 3.63) is 20.3 Å². The van der Waals surface area contributed by atoms with Crippen LogP contribution in [0.25, 0.3) is 0 Å². The Morgan fingerprint density at radius 1 is 1.75 bits per heavy atom. The molecular weight excluding hydrogens is 263 g/mol. The average molecular weight is 270 g/mol. The van der Waals surface area contributed by atoms with Crippen LogP contribution in [0.5, 0.6) is 0 Å². The van der Waals surface area contributed by atoms with Crippen molar-refractivity contribution >= 4 is 44.8 Å². The number of carboxylic acids is 1. The van der Waals surface area contributed by atoms with Crippen molar-refractivity contribution in [3.63, 3.8) is 0 Å². The minimum atomic E-state index is -0.884. The average Bonchev–Trinajstić information content (AvgIpc) is 2.32. The molecule has 1 rings (SSSR count). The number of hydrogen-bond donors (Lipinski definition) is 1. The fourth-order valence-corrected chi connectivity index (χ4v) is 2.60. The van der Waals surface area contributed by atoms with Crippen molar-refractivity contribution in [1.29, 1.82) is 0 Å². The number of aryl methyl sites for hydroxylation is 1. The number of rotatable bonds is 3. The Labute approximate surface area is 87.3 Å². The molecule has 1 N–H and O–H groups in total. The molecule has 1 aromatic rings. The summed E-state index contributed by atoms with van der Waals surface area (Å²) in [6.07, 6.45) is 0.602. The van der Waals surface area contributed by atoms with Gasteiger partial charge in [0.2, 0.25) is 0 Å². The summed E-state index contributed by atoms with van der Waals surface area (Å²) < 4.78 is 0.833. The van der Waals surface area contributed by atoms with E-state index in [1.54, 1.807) is 6.07 Å². The second kappa shape index (κ2) is 4.25. The van der Waals surface area contributed by atoms with Gasteiger partial charge in [0.05, 0.1) is 3.79 Å². The highest BCUT2D eigenvalue weighted by molar-refractivity contribution is 9.11. The van der Waals surface area contributed by atoms with E-state index in [0.717, 1.165) is 9.35 Å². The summed E-state index contributed by atoms with van der Waals surface area (Å²) >= 11 is 9.97. The highest BCUT2D eigenvalue weighted by Gasteiger charge is 2.13. The Morgan fingerprint density at radius 3 is 2.92 bits per heavy atom. The molecule has 2 nitrogen and oxygen atoms in total. The Balaban J connectivity index is 2.99. The van der Waals surface area contributed by atoms with Crippen molar-refractivity contribution in [2.75, 3.05) is 5.88 Å². The number of carbonyl (C=O) groups is 1. The second-order valence-corrected chi connectivity index (χ2v) is 4.96. The fraction of sp³-hybridized carbons (Fsp3) is 0.286. The van der Waals surface area contributed by atoms with Crippen molar-refractivity contribution in [2.24, 2.45) is 0 Å². The van der Waals surface area contributed by atoms with Gasteiger partial charge in [0.1, 0.15) is 4.88 Å². The molecule has 0 saturated carbocycles. The highest BCUT2D eigenvalue weighted by Crippen LogP contribution is 2.27. The summed E-state index contributed by atoms with van der Waals surface area (Å²) in [4.78, 5) is 11.0. The molecular formula is C7H6BrClO2S. The zero-order valence-electron chi connectivity index (χ0n) is 6.01. The molecule has 0 aliphatic carbocycles. The van der Waals surface area contributed by atoms with E-state index in [4.69, 9.17) is 16.7 Å². The van der Waals surface area contributed by atoms with Crippen molar-refractivity contribution in [1.82, 2.24) is 0 Å². The van der Waals surface area contributed by atoms with Crippen molar-refractivity contribution in [2.45, 2.75) is 6.42 Å². The van der Waals surface area contributed by atoms with Gasteiger partial charge in [-0.2, -0.15) is 0 Å². The molecule has 0 aliphatic rings. The topological polar surface area (TPSA) is 37.3 Å². The Kier molecular flexibility index (Phi) is 3.55. The number of aromatic carboxylic acids is 1. The molecule has 0 fully saturated rings. The normalized spacial score (nSPS) is 10.2.